The van der Waals surface area contributed by atoms with Crippen LogP contribution in [0.3, 0.4) is 0 Å². The molecule has 1 aromatic heterocycles. The summed E-state index contributed by atoms with van der Waals surface area (Å²) in [6, 6.07) is 3.20. The number of nitrogens with zero attached hydrogens (tertiary/aromatic N) is 1. The quantitative estimate of drug-likeness (QED) is 0.770. The number of amides is 1. The highest BCUT2D eigenvalue weighted by Crippen LogP contribution is 2.23. The first kappa shape index (κ1) is 17.1. The third kappa shape index (κ3) is 4.55. The fourth-order valence-electron chi connectivity index (χ4n) is 1.42. The number of nitrogens with one attached hydrogen (secondary N) is 1. The molecule has 0 spiro atoms. The first-order chi connectivity index (χ1) is 9.27. The van der Waals surface area contributed by atoms with E-state index in [1.807, 2.05) is 13.8 Å². The van der Waals surface area contributed by atoms with Gasteiger partial charge in [-0.2, -0.15) is 4.31 Å². The first-order valence-corrected chi connectivity index (χ1v) is 8.54. The van der Waals surface area contributed by atoms with Gasteiger partial charge in [0.1, 0.15) is 4.21 Å². The van der Waals surface area contributed by atoms with Crippen molar-refractivity contribution in [1.82, 2.24) is 9.62 Å². The van der Waals surface area contributed by atoms with E-state index in [1.54, 1.807) is 6.07 Å². The summed E-state index contributed by atoms with van der Waals surface area (Å²) in [6.07, 6.45) is 0. The number of carbonyl (C=O) groups excluding carboxylic acids is 1. The lowest BCUT2D eigenvalue weighted by Crippen LogP contribution is -2.39. The van der Waals surface area contributed by atoms with Gasteiger partial charge in [0.2, 0.25) is 5.91 Å². The molecule has 0 unspecified atom stereocenters. The molecule has 0 aliphatic carbocycles. The Morgan fingerprint density at radius 3 is 2.60 bits per heavy atom. The van der Waals surface area contributed by atoms with Crippen molar-refractivity contribution in [3.8, 4) is 0 Å². The number of hydrogen-bond donors (Lipinski definition) is 2. The Bertz CT molecular complexity index is 552. The van der Waals surface area contributed by atoms with Crippen LogP contribution in [-0.4, -0.2) is 38.8 Å². The molecule has 1 aromatic rings. The van der Waals surface area contributed by atoms with Crippen LogP contribution in [0.5, 0.6) is 0 Å². The van der Waals surface area contributed by atoms with E-state index in [2.05, 4.69) is 5.32 Å². The van der Waals surface area contributed by atoms with Gasteiger partial charge in [0.25, 0.3) is 10.0 Å². The average molecular weight is 319 g/mol. The Hall–Kier alpha value is -0.960. The summed E-state index contributed by atoms with van der Waals surface area (Å²) in [4.78, 5) is 12.5. The lowest BCUT2D eigenvalue weighted by molar-refractivity contribution is -0.121. The van der Waals surface area contributed by atoms with Gasteiger partial charge in [-0.3, -0.25) is 4.79 Å². The molecule has 8 heteroatoms. The van der Waals surface area contributed by atoms with Crippen molar-refractivity contribution in [1.29, 1.82) is 0 Å². The molecule has 0 aliphatic rings. The van der Waals surface area contributed by atoms with E-state index in [9.17, 15) is 13.2 Å². The standard InChI is InChI=1S/C12H21N3O3S2/c1-9(2)7-14-11(16)8-15(3)20(17,18)12-5-4-10(6-13)19-12/h4-5,9H,6-8,13H2,1-3H3,(H,14,16). The van der Waals surface area contributed by atoms with Crippen molar-refractivity contribution in [2.24, 2.45) is 11.7 Å². The Labute approximate surface area is 124 Å². The number of likely N-dealkylation sites (N-methyl/N-ethyl adjacent to an activating group) is 1. The van der Waals surface area contributed by atoms with E-state index >= 15 is 0 Å². The third-order valence-corrected chi connectivity index (χ3v) is 5.95. The molecule has 0 atom stereocenters. The third-order valence-electron chi connectivity index (χ3n) is 2.58. The fourth-order valence-corrected chi connectivity index (χ4v) is 3.99. The molecule has 1 rings (SSSR count). The summed E-state index contributed by atoms with van der Waals surface area (Å²) >= 11 is 1.13. The summed E-state index contributed by atoms with van der Waals surface area (Å²) < 4.78 is 25.8. The van der Waals surface area contributed by atoms with Crippen LogP contribution < -0.4 is 11.1 Å². The zero-order valence-corrected chi connectivity index (χ0v) is 13.6. The average Bonchev–Trinajstić information content (AvgIpc) is 2.85. The van der Waals surface area contributed by atoms with Gasteiger partial charge < -0.3 is 11.1 Å². The van der Waals surface area contributed by atoms with Gasteiger partial charge in [-0.25, -0.2) is 8.42 Å². The lowest BCUT2D eigenvalue weighted by Gasteiger charge is -2.16. The molecule has 0 aliphatic heterocycles. The number of rotatable bonds is 7. The largest absolute Gasteiger partial charge is 0.355 e. The number of hydrogen-bond acceptors (Lipinski definition) is 5. The van der Waals surface area contributed by atoms with Crippen LogP contribution in [0.15, 0.2) is 16.3 Å². The number of thiophene rings is 1. The van der Waals surface area contributed by atoms with Crippen molar-refractivity contribution in [2.45, 2.75) is 24.6 Å². The summed E-state index contributed by atoms with van der Waals surface area (Å²) in [5.74, 6) is 0.0191. The molecule has 0 fully saturated rings. The summed E-state index contributed by atoms with van der Waals surface area (Å²) in [5, 5.41) is 2.69. The Balaban J connectivity index is 2.70. The minimum atomic E-state index is -3.63. The maximum Gasteiger partial charge on any atom is 0.252 e. The van der Waals surface area contributed by atoms with E-state index in [0.717, 1.165) is 20.5 Å². The maximum absolute atomic E-state index is 12.3. The summed E-state index contributed by atoms with van der Waals surface area (Å²) in [5.41, 5.74) is 5.47. The van der Waals surface area contributed by atoms with E-state index < -0.39 is 10.0 Å². The smallest absolute Gasteiger partial charge is 0.252 e. The van der Waals surface area contributed by atoms with Crippen LogP contribution in [0.4, 0.5) is 0 Å². The van der Waals surface area contributed by atoms with E-state index in [-0.39, 0.29) is 16.7 Å². The van der Waals surface area contributed by atoms with Gasteiger partial charge in [-0.1, -0.05) is 13.8 Å². The highest BCUT2D eigenvalue weighted by molar-refractivity contribution is 7.91. The molecule has 20 heavy (non-hydrogen) atoms. The Morgan fingerprint density at radius 2 is 2.10 bits per heavy atom. The predicted molar refractivity (Wildman–Crippen MR) is 79.9 cm³/mol. The van der Waals surface area contributed by atoms with Crippen LogP contribution >= 0.6 is 11.3 Å². The van der Waals surface area contributed by atoms with Gasteiger partial charge in [0, 0.05) is 25.0 Å². The molecule has 0 saturated carbocycles. The van der Waals surface area contributed by atoms with Gasteiger partial charge in [-0.05, 0) is 18.1 Å². The second-order valence-corrected chi connectivity index (χ2v) is 8.32. The first-order valence-electron chi connectivity index (χ1n) is 6.29. The number of sulfonamides is 1. The molecule has 1 amide bonds. The zero-order chi connectivity index (χ0) is 15.3. The molecule has 114 valence electrons. The molecular weight excluding hydrogens is 298 g/mol. The SMILES string of the molecule is CC(C)CNC(=O)CN(C)S(=O)(=O)c1ccc(CN)s1. The lowest BCUT2D eigenvalue weighted by atomic mass is 10.2. The maximum atomic E-state index is 12.3. The Morgan fingerprint density at radius 1 is 1.45 bits per heavy atom. The van der Waals surface area contributed by atoms with Crippen molar-refractivity contribution in [2.75, 3.05) is 20.1 Å². The minimum Gasteiger partial charge on any atom is -0.355 e. The molecule has 0 bridgehead atoms. The van der Waals surface area contributed by atoms with Crippen molar-refractivity contribution in [3.63, 3.8) is 0 Å². The molecular formula is C12H21N3O3S2. The zero-order valence-electron chi connectivity index (χ0n) is 11.9. The van der Waals surface area contributed by atoms with Crippen LogP contribution in [-0.2, 0) is 21.4 Å². The van der Waals surface area contributed by atoms with Crippen molar-refractivity contribution < 1.29 is 13.2 Å². The van der Waals surface area contributed by atoms with Gasteiger partial charge in [0.15, 0.2) is 0 Å². The minimum absolute atomic E-state index is 0.190. The second kappa shape index (κ2) is 7.16. The van der Waals surface area contributed by atoms with Crippen LogP contribution in [0.2, 0.25) is 0 Å². The van der Waals surface area contributed by atoms with Gasteiger partial charge in [0.05, 0.1) is 6.54 Å². The molecule has 1 heterocycles. The highest BCUT2D eigenvalue weighted by atomic mass is 32.2. The van der Waals surface area contributed by atoms with Crippen molar-refractivity contribution in [3.05, 3.63) is 17.0 Å². The fraction of sp³-hybridized carbons (Fsp3) is 0.583. The second-order valence-electron chi connectivity index (χ2n) is 4.88. The van der Waals surface area contributed by atoms with Gasteiger partial charge >= 0.3 is 0 Å². The molecule has 3 N–H and O–H groups in total. The van der Waals surface area contributed by atoms with E-state index in [0.29, 0.717) is 19.0 Å². The summed E-state index contributed by atoms with van der Waals surface area (Å²) in [6.45, 7) is 4.59. The van der Waals surface area contributed by atoms with Crippen molar-refractivity contribution >= 4 is 27.3 Å². The monoisotopic (exact) mass is 319 g/mol. The number of carbonyl (C=O) groups is 1. The Kier molecular flexibility index (Phi) is 6.12. The van der Waals surface area contributed by atoms with E-state index in [1.165, 1.54) is 13.1 Å². The van der Waals surface area contributed by atoms with Gasteiger partial charge in [-0.15, -0.1) is 11.3 Å². The highest BCUT2D eigenvalue weighted by Gasteiger charge is 2.24. The van der Waals surface area contributed by atoms with Crippen LogP contribution in [0, 0.1) is 5.92 Å². The molecule has 0 saturated heterocycles. The van der Waals surface area contributed by atoms with E-state index in [4.69, 9.17) is 5.73 Å². The molecule has 0 radical (unpaired) electrons. The van der Waals surface area contributed by atoms with Crippen LogP contribution in [0.25, 0.3) is 0 Å². The molecule has 0 aromatic carbocycles. The summed E-state index contributed by atoms with van der Waals surface area (Å²) in [7, 11) is -2.23. The normalized spacial score (nSPS) is 12.1. The predicted octanol–water partition coefficient (Wildman–Crippen LogP) is 0.600. The molecule has 6 nitrogen and oxygen atoms in total. The van der Waals surface area contributed by atoms with Crippen LogP contribution in [0.1, 0.15) is 18.7 Å². The number of nitrogens with two attached hydrogens (primary N) is 1. The topological polar surface area (TPSA) is 92.5 Å².